The largest absolute Gasteiger partial charge is 0.497 e. The van der Waals surface area contributed by atoms with E-state index >= 15 is 0 Å². The zero-order chi connectivity index (χ0) is 18.2. The molecule has 0 fully saturated rings. The maximum atomic E-state index is 12.0. The molecule has 2 N–H and O–H groups in total. The summed E-state index contributed by atoms with van der Waals surface area (Å²) >= 11 is 1.60. The van der Waals surface area contributed by atoms with E-state index < -0.39 is 0 Å². The van der Waals surface area contributed by atoms with Crippen LogP contribution in [0.2, 0.25) is 0 Å². The number of rotatable bonds is 8. The number of carbonyl (C=O) groups is 1. The van der Waals surface area contributed by atoms with Crippen LogP contribution < -0.4 is 15.4 Å². The van der Waals surface area contributed by atoms with E-state index in [1.165, 1.54) is 5.56 Å². The minimum Gasteiger partial charge on any atom is -0.497 e. The van der Waals surface area contributed by atoms with Crippen LogP contribution in [0.15, 0.2) is 66.0 Å². The molecule has 3 rings (SSSR count). The number of hydrogen-bond donors (Lipinski definition) is 2. The molecular formula is C21H22N2O2S. The van der Waals surface area contributed by atoms with Crippen LogP contribution in [0.5, 0.6) is 5.75 Å². The molecule has 0 spiro atoms. The fourth-order valence-corrected chi connectivity index (χ4v) is 3.29. The highest BCUT2D eigenvalue weighted by Gasteiger charge is 2.05. The van der Waals surface area contributed by atoms with Gasteiger partial charge >= 0.3 is 0 Å². The van der Waals surface area contributed by atoms with Crippen LogP contribution >= 0.6 is 11.3 Å². The van der Waals surface area contributed by atoms with Crippen molar-refractivity contribution in [1.29, 1.82) is 0 Å². The van der Waals surface area contributed by atoms with Gasteiger partial charge in [0.15, 0.2) is 0 Å². The summed E-state index contributed by atoms with van der Waals surface area (Å²) in [5.41, 5.74) is 3.11. The second kappa shape index (κ2) is 9.06. The van der Waals surface area contributed by atoms with Gasteiger partial charge in [-0.2, -0.15) is 0 Å². The third-order valence-electron chi connectivity index (χ3n) is 3.99. The minimum absolute atomic E-state index is 0.00710. The van der Waals surface area contributed by atoms with Gasteiger partial charge in [0, 0.05) is 22.8 Å². The van der Waals surface area contributed by atoms with E-state index in [9.17, 15) is 4.79 Å². The number of thiophene rings is 1. The van der Waals surface area contributed by atoms with E-state index in [0.29, 0.717) is 6.42 Å². The summed E-state index contributed by atoms with van der Waals surface area (Å²) in [6.07, 6.45) is 1.35. The molecule has 2 aromatic carbocycles. The first-order chi connectivity index (χ1) is 12.7. The standard InChI is InChI=1S/C21H22N2O2S/c1-25-19-10-4-16(5-11-19)12-13-22-17-6-8-18(9-7-17)23-21(24)15-20-3-2-14-26-20/h2-11,14,22H,12-13,15H2,1H3,(H,23,24). The molecule has 0 bridgehead atoms. The topological polar surface area (TPSA) is 50.4 Å². The highest BCUT2D eigenvalue weighted by atomic mass is 32.1. The van der Waals surface area contributed by atoms with Crippen molar-refractivity contribution < 1.29 is 9.53 Å². The SMILES string of the molecule is COc1ccc(CCNc2ccc(NC(=O)Cc3cccs3)cc2)cc1. The number of ether oxygens (including phenoxy) is 1. The van der Waals surface area contributed by atoms with Gasteiger partial charge in [-0.25, -0.2) is 0 Å². The number of methoxy groups -OCH3 is 1. The highest BCUT2D eigenvalue weighted by Crippen LogP contribution is 2.16. The summed E-state index contributed by atoms with van der Waals surface area (Å²) in [5, 5.41) is 8.31. The van der Waals surface area contributed by atoms with Crippen LogP contribution in [0.1, 0.15) is 10.4 Å². The Morgan fingerprint density at radius 2 is 1.73 bits per heavy atom. The summed E-state index contributed by atoms with van der Waals surface area (Å²) in [6, 6.07) is 19.8. The van der Waals surface area contributed by atoms with Gasteiger partial charge in [0.1, 0.15) is 5.75 Å². The average Bonchev–Trinajstić information content (AvgIpc) is 3.16. The van der Waals surface area contributed by atoms with Gasteiger partial charge in [-0.05, 0) is 59.8 Å². The van der Waals surface area contributed by atoms with Gasteiger partial charge < -0.3 is 15.4 Å². The molecule has 4 nitrogen and oxygen atoms in total. The summed E-state index contributed by atoms with van der Waals surface area (Å²) in [7, 11) is 1.67. The summed E-state index contributed by atoms with van der Waals surface area (Å²) in [5.74, 6) is 0.881. The number of benzene rings is 2. The highest BCUT2D eigenvalue weighted by molar-refractivity contribution is 7.10. The Hall–Kier alpha value is -2.79. The van der Waals surface area contributed by atoms with Gasteiger partial charge in [0.05, 0.1) is 13.5 Å². The lowest BCUT2D eigenvalue weighted by Crippen LogP contribution is -2.13. The van der Waals surface area contributed by atoms with E-state index in [2.05, 4.69) is 22.8 Å². The lowest BCUT2D eigenvalue weighted by atomic mass is 10.1. The molecule has 1 aromatic heterocycles. The Balaban J connectivity index is 1.44. The van der Waals surface area contributed by atoms with Gasteiger partial charge in [0.25, 0.3) is 0 Å². The Morgan fingerprint density at radius 3 is 2.38 bits per heavy atom. The monoisotopic (exact) mass is 366 g/mol. The van der Waals surface area contributed by atoms with Crippen LogP contribution in [0.4, 0.5) is 11.4 Å². The van der Waals surface area contributed by atoms with Gasteiger partial charge in [-0.3, -0.25) is 4.79 Å². The molecule has 0 aliphatic heterocycles. The van der Waals surface area contributed by atoms with E-state index in [-0.39, 0.29) is 5.91 Å². The summed E-state index contributed by atoms with van der Waals surface area (Å²) < 4.78 is 5.17. The molecule has 0 aliphatic rings. The van der Waals surface area contributed by atoms with Crippen LogP contribution in [0.25, 0.3) is 0 Å². The van der Waals surface area contributed by atoms with Crippen LogP contribution in [0, 0.1) is 0 Å². The molecular weight excluding hydrogens is 344 g/mol. The third-order valence-corrected chi connectivity index (χ3v) is 4.86. The van der Waals surface area contributed by atoms with E-state index in [0.717, 1.165) is 35.0 Å². The van der Waals surface area contributed by atoms with Crippen molar-refractivity contribution in [3.05, 3.63) is 76.5 Å². The Bertz CT molecular complexity index is 812. The maximum absolute atomic E-state index is 12.0. The molecule has 5 heteroatoms. The molecule has 0 saturated heterocycles. The molecule has 3 aromatic rings. The van der Waals surface area contributed by atoms with Crippen molar-refractivity contribution in [3.63, 3.8) is 0 Å². The van der Waals surface area contributed by atoms with Crippen molar-refractivity contribution >= 4 is 28.6 Å². The molecule has 1 amide bonds. The van der Waals surface area contributed by atoms with Crippen LogP contribution in [-0.2, 0) is 17.6 Å². The predicted octanol–water partition coefficient (Wildman–Crippen LogP) is 4.59. The van der Waals surface area contributed by atoms with Gasteiger partial charge in [0.2, 0.25) is 5.91 Å². The van der Waals surface area contributed by atoms with Crippen molar-refractivity contribution in [3.8, 4) is 5.75 Å². The second-order valence-electron chi connectivity index (χ2n) is 5.91. The Labute approximate surface area is 157 Å². The molecule has 0 unspecified atom stereocenters. The first-order valence-corrected chi connectivity index (χ1v) is 9.40. The van der Waals surface area contributed by atoms with E-state index in [1.54, 1.807) is 18.4 Å². The normalized spacial score (nSPS) is 10.3. The molecule has 0 radical (unpaired) electrons. The fraction of sp³-hybridized carbons (Fsp3) is 0.190. The molecule has 0 saturated carbocycles. The van der Waals surface area contributed by atoms with Crippen molar-refractivity contribution in [2.75, 3.05) is 24.3 Å². The van der Waals surface area contributed by atoms with Crippen molar-refractivity contribution in [2.24, 2.45) is 0 Å². The summed E-state index contributed by atoms with van der Waals surface area (Å²) in [6.45, 7) is 0.844. The molecule has 134 valence electrons. The Kier molecular flexibility index (Phi) is 6.28. The van der Waals surface area contributed by atoms with Crippen LogP contribution in [0.3, 0.4) is 0 Å². The zero-order valence-corrected chi connectivity index (χ0v) is 15.5. The number of nitrogens with one attached hydrogen (secondary N) is 2. The molecule has 1 heterocycles. The number of hydrogen-bond acceptors (Lipinski definition) is 4. The average molecular weight is 366 g/mol. The number of anilines is 2. The second-order valence-corrected chi connectivity index (χ2v) is 6.94. The molecule has 0 aliphatic carbocycles. The quantitative estimate of drug-likeness (QED) is 0.613. The number of carbonyl (C=O) groups excluding carboxylic acids is 1. The summed E-state index contributed by atoms with van der Waals surface area (Å²) in [4.78, 5) is 13.1. The predicted molar refractivity (Wildman–Crippen MR) is 108 cm³/mol. The lowest BCUT2D eigenvalue weighted by Gasteiger charge is -2.09. The zero-order valence-electron chi connectivity index (χ0n) is 14.7. The smallest absolute Gasteiger partial charge is 0.229 e. The van der Waals surface area contributed by atoms with Gasteiger partial charge in [-0.15, -0.1) is 11.3 Å². The first-order valence-electron chi connectivity index (χ1n) is 8.52. The van der Waals surface area contributed by atoms with Gasteiger partial charge in [-0.1, -0.05) is 18.2 Å². The molecule has 0 atom stereocenters. The lowest BCUT2D eigenvalue weighted by molar-refractivity contribution is -0.115. The van der Waals surface area contributed by atoms with Crippen molar-refractivity contribution in [1.82, 2.24) is 0 Å². The van der Waals surface area contributed by atoms with Crippen molar-refractivity contribution in [2.45, 2.75) is 12.8 Å². The number of amides is 1. The first kappa shape index (κ1) is 18.0. The van der Waals surface area contributed by atoms with E-state index in [1.807, 2.05) is 53.9 Å². The maximum Gasteiger partial charge on any atom is 0.229 e. The minimum atomic E-state index is 0.00710. The van der Waals surface area contributed by atoms with E-state index in [4.69, 9.17) is 4.74 Å². The van der Waals surface area contributed by atoms with Crippen LogP contribution in [-0.4, -0.2) is 19.6 Å². The third kappa shape index (κ3) is 5.36. The fourth-order valence-electron chi connectivity index (χ4n) is 2.59. The Morgan fingerprint density at radius 1 is 1.00 bits per heavy atom. The molecule has 26 heavy (non-hydrogen) atoms.